The fraction of sp³-hybridized carbons (Fsp3) is 0.316. The topological polar surface area (TPSA) is 89.9 Å². The molecule has 1 aliphatic rings. The van der Waals surface area contributed by atoms with E-state index in [0.717, 1.165) is 0 Å². The van der Waals surface area contributed by atoms with Crippen LogP contribution in [-0.2, 0) is 19.4 Å². The van der Waals surface area contributed by atoms with Gasteiger partial charge in [-0.05, 0) is 55.7 Å². The number of ether oxygens (including phenoxy) is 2. The molecule has 6 nitrogen and oxygen atoms in total. The van der Waals surface area contributed by atoms with Crippen LogP contribution in [0, 0.1) is 5.82 Å². The fourth-order valence-electron chi connectivity index (χ4n) is 3.52. The largest absolute Gasteiger partial charge is 0.480 e. The number of aliphatic carboxylic acids is 1. The Morgan fingerprint density at radius 3 is 2.43 bits per heavy atom. The maximum absolute atomic E-state index is 13.3. The third-order valence-corrected chi connectivity index (χ3v) is 7.86. The molecule has 0 bridgehead atoms. The zero-order valence-electron chi connectivity index (χ0n) is 14.9. The molecule has 0 saturated heterocycles. The second-order valence-electron chi connectivity index (χ2n) is 6.46. The van der Waals surface area contributed by atoms with Gasteiger partial charge in [-0.1, -0.05) is 11.6 Å². The Morgan fingerprint density at radius 2 is 1.86 bits per heavy atom. The highest BCUT2D eigenvalue weighted by Gasteiger charge is 2.60. The third kappa shape index (κ3) is 3.36. The molecule has 1 aliphatic carbocycles. The minimum absolute atomic E-state index is 0.0622. The highest BCUT2D eigenvalue weighted by molar-refractivity contribution is 7.93. The van der Waals surface area contributed by atoms with Crippen molar-refractivity contribution in [2.45, 2.75) is 35.0 Å². The number of hydrogen-bond donors (Lipinski definition) is 1. The maximum Gasteiger partial charge on any atom is 0.328 e. The lowest BCUT2D eigenvalue weighted by Crippen LogP contribution is -2.53. The smallest absolute Gasteiger partial charge is 0.328 e. The summed E-state index contributed by atoms with van der Waals surface area (Å²) in [6.07, 6.45) is -0.298. The Balaban J connectivity index is 1.98. The van der Waals surface area contributed by atoms with Crippen LogP contribution < -0.4 is 4.74 Å². The van der Waals surface area contributed by atoms with Crippen molar-refractivity contribution >= 4 is 27.4 Å². The number of carbonyl (C=O) groups is 1. The zero-order chi connectivity index (χ0) is 20.5. The van der Waals surface area contributed by atoms with Gasteiger partial charge in [-0.2, -0.15) is 0 Å². The molecule has 0 aliphatic heterocycles. The summed E-state index contributed by atoms with van der Waals surface area (Å²) in [6.45, 7) is 0. The van der Waals surface area contributed by atoms with E-state index in [1.165, 1.54) is 49.6 Å². The Labute approximate surface area is 166 Å². The number of benzene rings is 2. The molecule has 9 heteroatoms. The molecule has 150 valence electrons. The Hall–Kier alpha value is -2.16. The summed E-state index contributed by atoms with van der Waals surface area (Å²) in [5.41, 5.74) is 0. The molecule has 1 fully saturated rings. The predicted octanol–water partition coefficient (Wildman–Crippen LogP) is 4.07. The minimum atomic E-state index is -4.35. The highest BCUT2D eigenvalue weighted by Crippen LogP contribution is 2.44. The third-order valence-electron chi connectivity index (χ3n) is 4.90. The van der Waals surface area contributed by atoms with E-state index in [1.807, 2.05) is 0 Å². The van der Waals surface area contributed by atoms with Crippen molar-refractivity contribution in [3.8, 4) is 11.5 Å². The first-order valence-electron chi connectivity index (χ1n) is 8.46. The average Bonchev–Trinajstić information content (AvgIpc) is 3.09. The molecule has 2 aromatic carbocycles. The lowest BCUT2D eigenvalue weighted by atomic mass is 10.1. The van der Waals surface area contributed by atoms with E-state index < -0.39 is 32.5 Å². The van der Waals surface area contributed by atoms with Crippen LogP contribution in [0.3, 0.4) is 0 Å². The molecule has 28 heavy (non-hydrogen) atoms. The number of hydrogen-bond acceptors (Lipinski definition) is 5. The van der Waals surface area contributed by atoms with Gasteiger partial charge in [0.15, 0.2) is 14.6 Å². The van der Waals surface area contributed by atoms with Crippen LogP contribution >= 0.6 is 11.6 Å². The first-order chi connectivity index (χ1) is 13.2. The Bertz CT molecular complexity index is 992. The van der Waals surface area contributed by atoms with Gasteiger partial charge in [0, 0.05) is 13.2 Å². The summed E-state index contributed by atoms with van der Waals surface area (Å²) >= 11 is 6.19. The summed E-state index contributed by atoms with van der Waals surface area (Å²) in [7, 11) is -3.05. The van der Waals surface area contributed by atoms with Crippen molar-refractivity contribution < 1.29 is 32.2 Å². The number of methoxy groups -OCH3 is 1. The predicted molar refractivity (Wildman–Crippen MR) is 100 cm³/mol. The molecule has 0 spiro atoms. The molecular weight excluding hydrogens is 411 g/mol. The molecule has 0 radical (unpaired) electrons. The highest BCUT2D eigenvalue weighted by atomic mass is 35.5. The summed E-state index contributed by atoms with van der Waals surface area (Å²) in [4.78, 5) is 11.7. The molecule has 1 saturated carbocycles. The van der Waals surface area contributed by atoms with Gasteiger partial charge in [0.2, 0.25) is 0 Å². The van der Waals surface area contributed by atoms with Crippen LogP contribution in [0.2, 0.25) is 5.02 Å². The average molecular weight is 429 g/mol. The Kier molecular flexibility index (Phi) is 5.65. The van der Waals surface area contributed by atoms with Gasteiger partial charge in [0.25, 0.3) is 0 Å². The van der Waals surface area contributed by atoms with Gasteiger partial charge in [-0.3, -0.25) is 4.79 Å². The van der Waals surface area contributed by atoms with Gasteiger partial charge in [-0.15, -0.1) is 0 Å². The van der Waals surface area contributed by atoms with Crippen LogP contribution in [0.4, 0.5) is 4.39 Å². The number of halogens is 2. The maximum atomic E-state index is 13.3. The molecule has 3 rings (SSSR count). The van der Waals surface area contributed by atoms with Crippen molar-refractivity contribution in [1.82, 2.24) is 0 Å². The van der Waals surface area contributed by atoms with Gasteiger partial charge in [-0.25, -0.2) is 12.8 Å². The molecule has 2 aromatic rings. The van der Waals surface area contributed by atoms with Crippen molar-refractivity contribution in [3.05, 3.63) is 53.3 Å². The SMILES string of the molecule is COC1CCCC1(C(=O)O)S(=O)(=O)c1ccc(Oc2ccc(F)cc2)cc1Cl. The van der Waals surface area contributed by atoms with E-state index in [1.54, 1.807) is 0 Å². The lowest BCUT2D eigenvalue weighted by molar-refractivity contribution is -0.143. The quantitative estimate of drug-likeness (QED) is 0.746. The minimum Gasteiger partial charge on any atom is -0.480 e. The second kappa shape index (κ2) is 7.69. The van der Waals surface area contributed by atoms with Crippen LogP contribution in [-0.4, -0.2) is 37.5 Å². The van der Waals surface area contributed by atoms with Crippen LogP contribution in [0.1, 0.15) is 19.3 Å². The van der Waals surface area contributed by atoms with Crippen molar-refractivity contribution in [2.24, 2.45) is 0 Å². The molecule has 0 aromatic heterocycles. The van der Waals surface area contributed by atoms with Gasteiger partial charge < -0.3 is 14.6 Å². The number of carboxylic acids is 1. The van der Waals surface area contributed by atoms with Gasteiger partial charge >= 0.3 is 5.97 Å². The number of carboxylic acid groups (broad SMARTS) is 1. The van der Waals surface area contributed by atoms with E-state index in [4.69, 9.17) is 21.1 Å². The molecule has 1 N–H and O–H groups in total. The van der Waals surface area contributed by atoms with Crippen molar-refractivity contribution in [3.63, 3.8) is 0 Å². The molecule has 2 unspecified atom stereocenters. The first kappa shape index (κ1) is 20.6. The summed E-state index contributed by atoms with van der Waals surface area (Å²) in [5.74, 6) is -1.31. The first-order valence-corrected chi connectivity index (χ1v) is 10.3. The number of rotatable bonds is 6. The van der Waals surface area contributed by atoms with E-state index >= 15 is 0 Å². The van der Waals surface area contributed by atoms with Crippen LogP contribution in [0.15, 0.2) is 47.4 Å². The second-order valence-corrected chi connectivity index (χ2v) is 9.05. The molecule has 0 heterocycles. The van der Waals surface area contributed by atoms with E-state index in [-0.39, 0.29) is 22.1 Å². The van der Waals surface area contributed by atoms with Crippen molar-refractivity contribution in [2.75, 3.05) is 7.11 Å². The summed E-state index contributed by atoms with van der Waals surface area (Å²) in [6, 6.07) is 9.13. The van der Waals surface area contributed by atoms with Crippen LogP contribution in [0.5, 0.6) is 11.5 Å². The molecule has 2 atom stereocenters. The zero-order valence-corrected chi connectivity index (χ0v) is 16.5. The van der Waals surface area contributed by atoms with E-state index in [2.05, 4.69) is 0 Å². The Morgan fingerprint density at radius 1 is 1.21 bits per heavy atom. The summed E-state index contributed by atoms with van der Waals surface area (Å²) in [5, 5.41) is 9.60. The van der Waals surface area contributed by atoms with Gasteiger partial charge in [0.05, 0.1) is 16.0 Å². The van der Waals surface area contributed by atoms with Crippen LogP contribution in [0.25, 0.3) is 0 Å². The van der Waals surface area contributed by atoms with E-state index in [9.17, 15) is 22.7 Å². The summed E-state index contributed by atoms with van der Waals surface area (Å²) < 4.78 is 48.1. The van der Waals surface area contributed by atoms with Crippen molar-refractivity contribution in [1.29, 1.82) is 0 Å². The molecule has 0 amide bonds. The fourth-order valence-corrected chi connectivity index (χ4v) is 6.15. The number of sulfone groups is 1. The lowest BCUT2D eigenvalue weighted by Gasteiger charge is -2.30. The standard InChI is InChI=1S/C19H18ClFO6S/c1-26-17-3-2-10-19(17,18(22)23)28(24,25)16-9-8-14(11-15(16)20)27-13-6-4-12(21)5-7-13/h4-9,11,17H,2-3,10H2,1H3,(H,22,23). The van der Waals surface area contributed by atoms with E-state index in [0.29, 0.717) is 18.6 Å². The van der Waals surface area contributed by atoms with Gasteiger partial charge in [0.1, 0.15) is 17.3 Å². The normalized spacial score (nSPS) is 22.2. The molecular formula is C19H18ClFO6S. The monoisotopic (exact) mass is 428 g/mol.